The molecule has 0 radical (unpaired) electrons. The number of rotatable bonds is 4. The van der Waals surface area contributed by atoms with E-state index in [0.717, 1.165) is 6.26 Å². The fourth-order valence-electron chi connectivity index (χ4n) is 0.354. The first-order chi connectivity index (χ1) is 5.07. The predicted molar refractivity (Wildman–Crippen MR) is 32.2 cm³/mol. The molecule has 0 aromatic carbocycles. The molecule has 0 aliphatic carbocycles. The van der Waals surface area contributed by atoms with Crippen molar-refractivity contribution >= 4 is 0 Å². The van der Waals surface area contributed by atoms with Crippen LogP contribution in [0.15, 0.2) is 24.9 Å². The first kappa shape index (κ1) is 9.87. The zero-order valence-corrected chi connectivity index (χ0v) is 5.81. The molecule has 11 heavy (non-hydrogen) atoms. The summed E-state index contributed by atoms with van der Waals surface area (Å²) in [4.78, 5) is 0. The first-order valence-corrected chi connectivity index (χ1v) is 2.71. The lowest BCUT2D eigenvalue weighted by molar-refractivity contribution is -0.0848. The van der Waals surface area contributed by atoms with Gasteiger partial charge in [0, 0.05) is 6.92 Å². The van der Waals surface area contributed by atoms with E-state index in [0.29, 0.717) is 0 Å². The summed E-state index contributed by atoms with van der Waals surface area (Å²) < 4.78 is 42.9. The molecule has 64 valence electrons. The molecule has 0 saturated heterocycles. The molecule has 0 rings (SSSR count). The highest BCUT2D eigenvalue weighted by Crippen LogP contribution is 2.13. The molecule has 0 aromatic rings. The summed E-state index contributed by atoms with van der Waals surface area (Å²) in [6.45, 7) is 4.38. The molecule has 5 heteroatoms. The Morgan fingerprint density at radius 2 is 2.00 bits per heavy atom. The van der Waals surface area contributed by atoms with Gasteiger partial charge >= 0.3 is 12.1 Å². The third kappa shape index (κ3) is 4.30. The normalized spacial score (nSPS) is 11.6. The van der Waals surface area contributed by atoms with Crippen molar-refractivity contribution < 1.29 is 22.6 Å². The summed E-state index contributed by atoms with van der Waals surface area (Å²) in [5.41, 5.74) is 0. The Balaban J connectivity index is 3.84. The van der Waals surface area contributed by atoms with Crippen LogP contribution in [0.1, 0.15) is 6.92 Å². The van der Waals surface area contributed by atoms with E-state index in [-0.39, 0.29) is 0 Å². The molecule has 2 nitrogen and oxygen atoms in total. The molecule has 0 N–H and O–H groups in total. The summed E-state index contributed by atoms with van der Waals surface area (Å²) in [5, 5.41) is 0. The molecular formula is C6H7F3O2. The predicted octanol–water partition coefficient (Wildman–Crippen LogP) is 2.54. The van der Waals surface area contributed by atoms with E-state index >= 15 is 0 Å². The van der Waals surface area contributed by atoms with E-state index in [9.17, 15) is 13.2 Å². The summed E-state index contributed by atoms with van der Waals surface area (Å²) in [7, 11) is 0. The molecule has 0 heterocycles. The minimum Gasteiger partial charge on any atom is -0.463 e. The second kappa shape index (κ2) is 4.65. The average Bonchev–Trinajstić information content (AvgIpc) is 1.87. The molecule has 1 unspecified atom stereocenters. The maximum atomic E-state index is 11.9. The van der Waals surface area contributed by atoms with Crippen LogP contribution < -0.4 is 0 Å². The van der Waals surface area contributed by atoms with Crippen molar-refractivity contribution in [2.24, 2.45) is 0 Å². The highest BCUT2D eigenvalue weighted by atomic mass is 19.3. The monoisotopic (exact) mass is 168 g/mol. The van der Waals surface area contributed by atoms with E-state index in [4.69, 9.17) is 0 Å². The van der Waals surface area contributed by atoms with Gasteiger partial charge in [-0.3, -0.25) is 0 Å². The van der Waals surface area contributed by atoms with E-state index < -0.39 is 18.4 Å². The Kier molecular flexibility index (Phi) is 4.17. The number of ether oxygens (including phenoxy) is 2. The van der Waals surface area contributed by atoms with Crippen LogP contribution in [0.3, 0.4) is 0 Å². The average molecular weight is 168 g/mol. The lowest BCUT2D eigenvalue weighted by Gasteiger charge is -2.10. The van der Waals surface area contributed by atoms with E-state index in [1.54, 1.807) is 0 Å². The summed E-state index contributed by atoms with van der Waals surface area (Å²) in [6.07, 6.45) is -2.65. The van der Waals surface area contributed by atoms with Gasteiger partial charge in [-0.05, 0) is 0 Å². The van der Waals surface area contributed by atoms with E-state index in [1.807, 2.05) is 0 Å². The van der Waals surface area contributed by atoms with Gasteiger partial charge in [0.1, 0.15) is 0 Å². The van der Waals surface area contributed by atoms with Crippen molar-refractivity contribution in [1.82, 2.24) is 0 Å². The van der Waals surface area contributed by atoms with Crippen LogP contribution in [0.4, 0.5) is 13.2 Å². The Morgan fingerprint density at radius 3 is 2.36 bits per heavy atom. The van der Waals surface area contributed by atoms with Gasteiger partial charge < -0.3 is 9.47 Å². The fraction of sp³-hybridized carbons (Fsp3) is 0.333. The smallest absolute Gasteiger partial charge is 0.342 e. The van der Waals surface area contributed by atoms with Crippen LogP contribution in [0.2, 0.25) is 0 Å². The largest absolute Gasteiger partial charge is 0.463 e. The van der Waals surface area contributed by atoms with Gasteiger partial charge in [-0.15, -0.1) is 0 Å². The van der Waals surface area contributed by atoms with E-state index in [1.165, 1.54) is 6.92 Å². The SMILES string of the molecule is C=COC(C)OC(F)=C(F)F. The zero-order valence-electron chi connectivity index (χ0n) is 5.81. The van der Waals surface area contributed by atoms with Crippen molar-refractivity contribution in [2.45, 2.75) is 13.2 Å². The third-order valence-corrected chi connectivity index (χ3v) is 0.706. The van der Waals surface area contributed by atoms with Crippen LogP contribution >= 0.6 is 0 Å². The van der Waals surface area contributed by atoms with Gasteiger partial charge in [-0.1, -0.05) is 6.58 Å². The summed E-state index contributed by atoms with van der Waals surface area (Å²) in [6, 6.07) is -1.93. The topological polar surface area (TPSA) is 18.5 Å². The van der Waals surface area contributed by atoms with Crippen molar-refractivity contribution in [1.29, 1.82) is 0 Å². The van der Waals surface area contributed by atoms with Gasteiger partial charge in [-0.25, -0.2) is 0 Å². The Bertz CT molecular complexity index is 163. The van der Waals surface area contributed by atoms with Crippen LogP contribution in [-0.2, 0) is 9.47 Å². The van der Waals surface area contributed by atoms with Crippen molar-refractivity contribution in [3.63, 3.8) is 0 Å². The highest BCUT2D eigenvalue weighted by molar-refractivity contribution is 4.80. The van der Waals surface area contributed by atoms with Crippen LogP contribution in [-0.4, -0.2) is 6.29 Å². The maximum Gasteiger partial charge on any atom is 0.342 e. The highest BCUT2D eigenvalue weighted by Gasteiger charge is 2.10. The Morgan fingerprint density at radius 1 is 1.45 bits per heavy atom. The first-order valence-electron chi connectivity index (χ1n) is 2.71. The van der Waals surface area contributed by atoms with Crippen LogP contribution in [0, 0.1) is 0 Å². The molecule has 0 aliphatic heterocycles. The molecule has 0 bridgehead atoms. The lowest BCUT2D eigenvalue weighted by Crippen LogP contribution is -2.07. The maximum absolute atomic E-state index is 11.9. The second-order valence-electron chi connectivity index (χ2n) is 1.52. The standard InChI is InChI=1S/C6H7F3O2/c1-3-10-4(2)11-6(9)5(7)8/h3-4H,1H2,2H3. The molecule has 0 spiro atoms. The van der Waals surface area contributed by atoms with Gasteiger partial charge in [-0.2, -0.15) is 13.2 Å². The molecule has 0 amide bonds. The molecule has 1 atom stereocenters. The van der Waals surface area contributed by atoms with E-state index in [2.05, 4.69) is 16.1 Å². The van der Waals surface area contributed by atoms with Crippen LogP contribution in [0.5, 0.6) is 0 Å². The third-order valence-electron chi connectivity index (χ3n) is 0.706. The zero-order chi connectivity index (χ0) is 8.85. The van der Waals surface area contributed by atoms with Gasteiger partial charge in [0.25, 0.3) is 0 Å². The fourth-order valence-corrected chi connectivity index (χ4v) is 0.354. The van der Waals surface area contributed by atoms with Gasteiger partial charge in [0.2, 0.25) is 6.29 Å². The minimum atomic E-state index is -2.51. The summed E-state index contributed by atoms with van der Waals surface area (Å²) >= 11 is 0. The van der Waals surface area contributed by atoms with Crippen molar-refractivity contribution in [3.8, 4) is 0 Å². The molecule has 0 aliphatic rings. The number of hydrogen-bond donors (Lipinski definition) is 0. The van der Waals surface area contributed by atoms with Gasteiger partial charge in [0.05, 0.1) is 6.26 Å². The Labute approximate surface area is 61.9 Å². The number of halogens is 3. The van der Waals surface area contributed by atoms with Gasteiger partial charge in [0.15, 0.2) is 0 Å². The minimum absolute atomic E-state index is 0.966. The van der Waals surface area contributed by atoms with Crippen molar-refractivity contribution in [3.05, 3.63) is 24.9 Å². The second-order valence-corrected chi connectivity index (χ2v) is 1.52. The number of hydrogen-bond acceptors (Lipinski definition) is 2. The molecule has 0 aromatic heterocycles. The Hall–Kier alpha value is -1.13. The molecule has 0 fully saturated rings. The van der Waals surface area contributed by atoms with Crippen LogP contribution in [0.25, 0.3) is 0 Å². The summed E-state index contributed by atoms with van der Waals surface area (Å²) in [5.74, 6) is 0. The van der Waals surface area contributed by atoms with Crippen molar-refractivity contribution in [2.75, 3.05) is 0 Å². The lowest BCUT2D eigenvalue weighted by atomic mass is 10.7. The molecular weight excluding hydrogens is 161 g/mol. The molecule has 0 saturated carbocycles. The quantitative estimate of drug-likeness (QED) is 0.474.